The Balaban J connectivity index is 2.09. The van der Waals surface area contributed by atoms with Crippen molar-refractivity contribution >= 4 is 11.5 Å². The Morgan fingerprint density at radius 2 is 2.16 bits per heavy atom. The summed E-state index contributed by atoms with van der Waals surface area (Å²) < 4.78 is 0. The molecule has 0 radical (unpaired) electrons. The summed E-state index contributed by atoms with van der Waals surface area (Å²) in [7, 11) is 0. The highest BCUT2D eigenvalue weighted by molar-refractivity contribution is 5.50. The lowest BCUT2D eigenvalue weighted by Gasteiger charge is -2.35. The van der Waals surface area contributed by atoms with E-state index in [0.717, 1.165) is 37.3 Å². The average Bonchev–Trinajstić information content (AvgIpc) is 2.38. The number of aryl methyl sites for hydroxylation is 1. The SMILES string of the molecule is Cc1cc([N+](=O)[O-])cnc1N1CCC(C(C)N)CC1. The molecule has 2 rings (SSSR count). The van der Waals surface area contributed by atoms with Crippen LogP contribution in [0.4, 0.5) is 11.5 Å². The van der Waals surface area contributed by atoms with Gasteiger partial charge in [-0.1, -0.05) is 0 Å². The first kappa shape index (κ1) is 13.7. The number of anilines is 1. The zero-order chi connectivity index (χ0) is 14.0. The van der Waals surface area contributed by atoms with Gasteiger partial charge in [-0.2, -0.15) is 0 Å². The van der Waals surface area contributed by atoms with Gasteiger partial charge in [-0.25, -0.2) is 4.98 Å². The largest absolute Gasteiger partial charge is 0.356 e. The van der Waals surface area contributed by atoms with Crippen LogP contribution in [0.1, 0.15) is 25.3 Å². The minimum absolute atomic E-state index is 0.0479. The van der Waals surface area contributed by atoms with Gasteiger partial charge in [0.2, 0.25) is 0 Å². The molecule has 1 aromatic heterocycles. The molecule has 2 N–H and O–H groups in total. The third kappa shape index (κ3) is 3.01. The van der Waals surface area contributed by atoms with Crippen LogP contribution in [0.5, 0.6) is 0 Å². The van der Waals surface area contributed by atoms with Crippen LogP contribution in [0.25, 0.3) is 0 Å². The van der Waals surface area contributed by atoms with Crippen LogP contribution in [0, 0.1) is 23.0 Å². The Morgan fingerprint density at radius 1 is 1.53 bits per heavy atom. The Bertz CT molecular complexity index is 468. The number of nitro groups is 1. The first-order chi connectivity index (χ1) is 8.99. The fraction of sp³-hybridized carbons (Fsp3) is 0.615. The summed E-state index contributed by atoms with van der Waals surface area (Å²) >= 11 is 0. The lowest BCUT2D eigenvalue weighted by atomic mass is 9.91. The number of nitrogens with zero attached hydrogens (tertiary/aromatic N) is 3. The molecular formula is C13H20N4O2. The van der Waals surface area contributed by atoms with E-state index in [-0.39, 0.29) is 11.7 Å². The molecule has 6 heteroatoms. The van der Waals surface area contributed by atoms with Crippen LogP contribution in [0.15, 0.2) is 12.3 Å². The highest BCUT2D eigenvalue weighted by atomic mass is 16.6. The van der Waals surface area contributed by atoms with E-state index in [0.29, 0.717) is 5.92 Å². The number of aromatic nitrogens is 1. The van der Waals surface area contributed by atoms with Crippen LogP contribution in [0.2, 0.25) is 0 Å². The number of rotatable bonds is 3. The number of hydrogen-bond acceptors (Lipinski definition) is 5. The summed E-state index contributed by atoms with van der Waals surface area (Å²) in [5.41, 5.74) is 6.83. The molecule has 19 heavy (non-hydrogen) atoms. The first-order valence-corrected chi connectivity index (χ1v) is 6.60. The third-order valence-corrected chi connectivity index (χ3v) is 3.83. The molecule has 1 atom stereocenters. The predicted molar refractivity (Wildman–Crippen MR) is 74.2 cm³/mol. The lowest BCUT2D eigenvalue weighted by Crippen LogP contribution is -2.40. The monoisotopic (exact) mass is 264 g/mol. The first-order valence-electron chi connectivity index (χ1n) is 6.60. The van der Waals surface area contributed by atoms with Crippen molar-refractivity contribution in [2.45, 2.75) is 32.7 Å². The van der Waals surface area contributed by atoms with Crippen LogP contribution in [-0.2, 0) is 0 Å². The van der Waals surface area contributed by atoms with Crippen molar-refractivity contribution in [1.29, 1.82) is 0 Å². The number of piperidine rings is 1. The zero-order valence-electron chi connectivity index (χ0n) is 11.4. The highest BCUT2D eigenvalue weighted by Crippen LogP contribution is 2.27. The summed E-state index contributed by atoms with van der Waals surface area (Å²) in [5, 5.41) is 10.7. The Morgan fingerprint density at radius 3 is 2.63 bits per heavy atom. The molecule has 1 aromatic rings. The molecule has 0 aliphatic carbocycles. The minimum atomic E-state index is -0.411. The molecule has 1 fully saturated rings. The molecule has 2 heterocycles. The van der Waals surface area contributed by atoms with Crippen molar-refractivity contribution in [2.75, 3.05) is 18.0 Å². The molecule has 1 aliphatic rings. The number of nitrogens with two attached hydrogens (primary N) is 1. The number of hydrogen-bond donors (Lipinski definition) is 1. The van der Waals surface area contributed by atoms with Crippen molar-refractivity contribution in [2.24, 2.45) is 11.7 Å². The maximum Gasteiger partial charge on any atom is 0.287 e. The third-order valence-electron chi connectivity index (χ3n) is 3.83. The topological polar surface area (TPSA) is 85.3 Å². The van der Waals surface area contributed by atoms with E-state index < -0.39 is 4.92 Å². The van der Waals surface area contributed by atoms with E-state index in [1.165, 1.54) is 6.20 Å². The maximum absolute atomic E-state index is 10.7. The molecular weight excluding hydrogens is 244 g/mol. The summed E-state index contributed by atoms with van der Waals surface area (Å²) in [5.74, 6) is 1.42. The zero-order valence-corrected chi connectivity index (χ0v) is 11.4. The molecule has 1 saturated heterocycles. The van der Waals surface area contributed by atoms with Gasteiger partial charge in [0.15, 0.2) is 0 Å². The van der Waals surface area contributed by atoms with Crippen LogP contribution in [-0.4, -0.2) is 29.0 Å². The highest BCUT2D eigenvalue weighted by Gasteiger charge is 2.24. The van der Waals surface area contributed by atoms with Crippen molar-refractivity contribution in [3.8, 4) is 0 Å². The predicted octanol–water partition coefficient (Wildman–Crippen LogP) is 1.86. The van der Waals surface area contributed by atoms with Gasteiger partial charge < -0.3 is 10.6 Å². The van der Waals surface area contributed by atoms with Crippen LogP contribution in [0.3, 0.4) is 0 Å². The van der Waals surface area contributed by atoms with Gasteiger partial charge in [-0.05, 0) is 38.2 Å². The minimum Gasteiger partial charge on any atom is -0.356 e. The van der Waals surface area contributed by atoms with Crippen molar-refractivity contribution in [1.82, 2.24) is 4.98 Å². The van der Waals surface area contributed by atoms with Gasteiger partial charge in [0.05, 0.1) is 4.92 Å². The van der Waals surface area contributed by atoms with Gasteiger partial charge in [-0.15, -0.1) is 0 Å². The summed E-state index contributed by atoms with van der Waals surface area (Å²) in [6, 6.07) is 1.81. The fourth-order valence-corrected chi connectivity index (χ4v) is 2.62. The quantitative estimate of drug-likeness (QED) is 0.665. The fourth-order valence-electron chi connectivity index (χ4n) is 2.62. The van der Waals surface area contributed by atoms with Gasteiger partial charge in [0.1, 0.15) is 12.0 Å². The second-order valence-corrected chi connectivity index (χ2v) is 5.27. The van der Waals surface area contributed by atoms with Crippen molar-refractivity contribution in [3.63, 3.8) is 0 Å². The second kappa shape index (κ2) is 5.52. The van der Waals surface area contributed by atoms with Crippen LogP contribution >= 0.6 is 0 Å². The van der Waals surface area contributed by atoms with E-state index in [2.05, 4.69) is 16.8 Å². The van der Waals surface area contributed by atoms with E-state index in [1.807, 2.05) is 6.92 Å². The second-order valence-electron chi connectivity index (χ2n) is 5.27. The smallest absolute Gasteiger partial charge is 0.287 e. The normalized spacial score (nSPS) is 18.4. The summed E-state index contributed by atoms with van der Waals surface area (Å²) in [6.07, 6.45) is 3.44. The standard InChI is InChI=1S/C13H20N4O2/c1-9-7-12(17(18)19)8-15-13(9)16-5-3-11(4-6-16)10(2)14/h7-8,10-11H,3-6,14H2,1-2H3. The van der Waals surface area contributed by atoms with Crippen molar-refractivity contribution in [3.05, 3.63) is 27.9 Å². The Hall–Kier alpha value is -1.69. The van der Waals surface area contributed by atoms with Crippen molar-refractivity contribution < 1.29 is 4.92 Å². The summed E-state index contributed by atoms with van der Waals surface area (Å²) in [6.45, 7) is 5.75. The molecule has 0 aromatic carbocycles. The van der Waals surface area contributed by atoms with Gasteiger partial charge in [-0.3, -0.25) is 10.1 Å². The van der Waals surface area contributed by atoms with E-state index >= 15 is 0 Å². The van der Waals surface area contributed by atoms with Gasteiger partial charge in [0, 0.05) is 25.2 Å². The Kier molecular flexibility index (Phi) is 3.99. The van der Waals surface area contributed by atoms with Crippen LogP contribution < -0.4 is 10.6 Å². The number of pyridine rings is 1. The molecule has 1 unspecified atom stereocenters. The molecule has 104 valence electrons. The van der Waals surface area contributed by atoms with Gasteiger partial charge in [0.25, 0.3) is 5.69 Å². The van der Waals surface area contributed by atoms with E-state index in [9.17, 15) is 10.1 Å². The molecule has 0 amide bonds. The molecule has 0 saturated carbocycles. The lowest BCUT2D eigenvalue weighted by molar-refractivity contribution is -0.385. The van der Waals surface area contributed by atoms with E-state index in [4.69, 9.17) is 5.73 Å². The van der Waals surface area contributed by atoms with E-state index in [1.54, 1.807) is 6.07 Å². The molecule has 1 aliphatic heterocycles. The summed E-state index contributed by atoms with van der Waals surface area (Å²) in [4.78, 5) is 16.7. The Labute approximate surface area is 112 Å². The molecule has 0 spiro atoms. The van der Waals surface area contributed by atoms with Gasteiger partial charge >= 0.3 is 0 Å². The molecule has 0 bridgehead atoms. The average molecular weight is 264 g/mol. The maximum atomic E-state index is 10.7. The molecule has 6 nitrogen and oxygen atoms in total.